The Kier molecular flexibility index (Phi) is 5.06. The van der Waals surface area contributed by atoms with Crippen molar-refractivity contribution in [3.8, 4) is 5.75 Å². The van der Waals surface area contributed by atoms with Gasteiger partial charge in [-0.1, -0.05) is 11.6 Å². The number of ether oxygens (including phenoxy) is 1. The SMILES string of the molecule is Fc1cc(OCCCS)c(Br)cc1Cl. The van der Waals surface area contributed by atoms with Crippen LogP contribution in [-0.4, -0.2) is 12.4 Å². The summed E-state index contributed by atoms with van der Waals surface area (Å²) < 4.78 is 19.0. The second-order valence-corrected chi connectivity index (χ2v) is 4.33. The van der Waals surface area contributed by atoms with E-state index in [2.05, 4.69) is 28.6 Å². The summed E-state index contributed by atoms with van der Waals surface area (Å²) in [5.41, 5.74) is 0. The highest BCUT2D eigenvalue weighted by atomic mass is 79.9. The summed E-state index contributed by atoms with van der Waals surface area (Å²) in [5.74, 6) is 0.734. The molecule has 78 valence electrons. The van der Waals surface area contributed by atoms with Gasteiger partial charge in [0.15, 0.2) is 0 Å². The molecule has 0 saturated carbocycles. The molecule has 0 unspecified atom stereocenters. The Morgan fingerprint density at radius 1 is 1.50 bits per heavy atom. The molecule has 0 heterocycles. The van der Waals surface area contributed by atoms with E-state index in [1.165, 1.54) is 12.1 Å². The van der Waals surface area contributed by atoms with Crippen molar-refractivity contribution in [1.82, 2.24) is 0 Å². The van der Waals surface area contributed by atoms with E-state index in [4.69, 9.17) is 16.3 Å². The average molecular weight is 300 g/mol. The third-order valence-electron chi connectivity index (χ3n) is 1.53. The van der Waals surface area contributed by atoms with Crippen LogP contribution in [0.15, 0.2) is 16.6 Å². The average Bonchev–Trinajstić information content (AvgIpc) is 2.14. The molecule has 14 heavy (non-hydrogen) atoms. The molecule has 0 radical (unpaired) electrons. The molecule has 0 aliphatic rings. The molecule has 0 bridgehead atoms. The maximum absolute atomic E-state index is 13.0. The van der Waals surface area contributed by atoms with Crippen molar-refractivity contribution in [1.29, 1.82) is 0 Å². The number of rotatable bonds is 4. The summed E-state index contributed by atoms with van der Waals surface area (Å²) in [6.45, 7) is 0.517. The van der Waals surface area contributed by atoms with Gasteiger partial charge in [-0.15, -0.1) is 0 Å². The summed E-state index contributed by atoms with van der Waals surface area (Å²) in [6, 6.07) is 2.75. The molecule has 0 saturated heterocycles. The molecular formula is C9H9BrClFOS. The second-order valence-electron chi connectivity index (χ2n) is 2.62. The van der Waals surface area contributed by atoms with Crippen LogP contribution in [0.25, 0.3) is 0 Å². The Morgan fingerprint density at radius 3 is 2.86 bits per heavy atom. The molecule has 0 fully saturated rings. The fraction of sp³-hybridized carbons (Fsp3) is 0.333. The lowest BCUT2D eigenvalue weighted by atomic mass is 10.3. The standard InChI is InChI=1S/C9H9BrClFOS/c10-6-4-7(11)8(12)5-9(6)13-2-1-3-14/h4-5,14H,1-3H2. The lowest BCUT2D eigenvalue weighted by Crippen LogP contribution is -1.99. The maximum Gasteiger partial charge on any atom is 0.145 e. The van der Waals surface area contributed by atoms with Crippen molar-refractivity contribution in [2.75, 3.05) is 12.4 Å². The second kappa shape index (κ2) is 5.83. The van der Waals surface area contributed by atoms with Gasteiger partial charge in [0.2, 0.25) is 0 Å². The maximum atomic E-state index is 13.0. The van der Waals surface area contributed by atoms with Crippen LogP contribution in [0.4, 0.5) is 4.39 Å². The quantitative estimate of drug-likeness (QED) is 0.503. The van der Waals surface area contributed by atoms with Gasteiger partial charge in [0.25, 0.3) is 0 Å². The van der Waals surface area contributed by atoms with Gasteiger partial charge in [-0.25, -0.2) is 4.39 Å². The van der Waals surface area contributed by atoms with Gasteiger partial charge in [-0.2, -0.15) is 12.6 Å². The molecule has 0 aromatic heterocycles. The Hall–Kier alpha value is 0.0700. The molecule has 0 amide bonds. The van der Waals surface area contributed by atoms with Gasteiger partial charge in [0.1, 0.15) is 11.6 Å². The normalized spacial score (nSPS) is 10.3. The van der Waals surface area contributed by atoms with Crippen molar-refractivity contribution < 1.29 is 9.13 Å². The molecule has 0 aliphatic carbocycles. The highest BCUT2D eigenvalue weighted by Gasteiger charge is 2.07. The minimum Gasteiger partial charge on any atom is -0.492 e. The van der Waals surface area contributed by atoms with Crippen LogP contribution in [-0.2, 0) is 0 Å². The smallest absolute Gasteiger partial charge is 0.145 e. The van der Waals surface area contributed by atoms with Gasteiger partial charge >= 0.3 is 0 Å². The van der Waals surface area contributed by atoms with Crippen LogP contribution in [0.2, 0.25) is 5.02 Å². The predicted octanol–water partition coefficient (Wildman–Crippen LogP) is 3.94. The number of benzene rings is 1. The Labute approximate surface area is 101 Å². The summed E-state index contributed by atoms with van der Waals surface area (Å²) in [4.78, 5) is 0. The fourth-order valence-corrected chi connectivity index (χ4v) is 1.74. The molecule has 5 heteroatoms. The van der Waals surface area contributed by atoms with Crippen LogP contribution in [0.1, 0.15) is 6.42 Å². The van der Waals surface area contributed by atoms with Crippen molar-refractivity contribution in [2.45, 2.75) is 6.42 Å². The van der Waals surface area contributed by atoms with Crippen molar-refractivity contribution >= 4 is 40.2 Å². The molecule has 1 aromatic rings. The van der Waals surface area contributed by atoms with Crippen LogP contribution in [0.3, 0.4) is 0 Å². The minimum atomic E-state index is -0.476. The van der Waals surface area contributed by atoms with E-state index in [0.29, 0.717) is 16.8 Å². The highest BCUT2D eigenvalue weighted by Crippen LogP contribution is 2.30. The summed E-state index contributed by atoms with van der Waals surface area (Å²) in [5, 5.41) is 0.0819. The fourth-order valence-electron chi connectivity index (χ4n) is 0.862. The molecule has 1 rings (SSSR count). The molecule has 1 aromatic carbocycles. The zero-order valence-corrected chi connectivity index (χ0v) is 10.5. The third-order valence-corrected chi connectivity index (χ3v) is 2.76. The summed E-state index contributed by atoms with van der Waals surface area (Å²) in [6.07, 6.45) is 0.819. The topological polar surface area (TPSA) is 9.23 Å². The molecular weight excluding hydrogens is 291 g/mol. The zero-order chi connectivity index (χ0) is 10.6. The van der Waals surface area contributed by atoms with E-state index in [1.807, 2.05) is 0 Å². The van der Waals surface area contributed by atoms with E-state index < -0.39 is 5.82 Å². The van der Waals surface area contributed by atoms with Gasteiger partial charge in [0.05, 0.1) is 16.1 Å². The first-order valence-electron chi connectivity index (χ1n) is 4.03. The van der Waals surface area contributed by atoms with Crippen LogP contribution in [0, 0.1) is 5.82 Å². The van der Waals surface area contributed by atoms with Crippen molar-refractivity contribution in [2.24, 2.45) is 0 Å². The first-order valence-corrected chi connectivity index (χ1v) is 5.83. The Balaban J connectivity index is 2.72. The van der Waals surface area contributed by atoms with Crippen LogP contribution in [0.5, 0.6) is 5.75 Å². The lowest BCUT2D eigenvalue weighted by Gasteiger charge is -2.07. The van der Waals surface area contributed by atoms with Gasteiger partial charge in [0, 0.05) is 6.07 Å². The Bertz CT molecular complexity index is 322. The Morgan fingerprint density at radius 2 is 2.21 bits per heavy atom. The van der Waals surface area contributed by atoms with E-state index in [-0.39, 0.29) is 5.02 Å². The molecule has 0 aliphatic heterocycles. The summed E-state index contributed by atoms with van der Waals surface area (Å²) in [7, 11) is 0. The molecule has 0 atom stereocenters. The third kappa shape index (κ3) is 3.33. The highest BCUT2D eigenvalue weighted by molar-refractivity contribution is 9.10. The largest absolute Gasteiger partial charge is 0.492 e. The number of hydrogen-bond donors (Lipinski definition) is 1. The predicted molar refractivity (Wildman–Crippen MR) is 63.1 cm³/mol. The van der Waals surface area contributed by atoms with Crippen LogP contribution < -0.4 is 4.74 Å². The van der Waals surface area contributed by atoms with Gasteiger partial charge < -0.3 is 4.74 Å². The molecule has 1 nitrogen and oxygen atoms in total. The molecule has 0 N–H and O–H groups in total. The van der Waals surface area contributed by atoms with E-state index in [0.717, 1.165) is 12.2 Å². The summed E-state index contributed by atoms with van der Waals surface area (Å²) >= 11 is 12.9. The monoisotopic (exact) mass is 298 g/mol. The van der Waals surface area contributed by atoms with Gasteiger partial charge in [-0.3, -0.25) is 0 Å². The minimum absolute atomic E-state index is 0.0819. The number of halogens is 3. The van der Waals surface area contributed by atoms with E-state index >= 15 is 0 Å². The van der Waals surface area contributed by atoms with Crippen molar-refractivity contribution in [3.05, 3.63) is 27.4 Å². The first-order chi connectivity index (χ1) is 6.65. The molecule has 0 spiro atoms. The van der Waals surface area contributed by atoms with Crippen molar-refractivity contribution in [3.63, 3.8) is 0 Å². The van der Waals surface area contributed by atoms with Gasteiger partial charge in [-0.05, 0) is 34.2 Å². The van der Waals surface area contributed by atoms with Crippen LogP contribution >= 0.6 is 40.2 Å². The first kappa shape index (κ1) is 12.1. The van der Waals surface area contributed by atoms with E-state index in [9.17, 15) is 4.39 Å². The lowest BCUT2D eigenvalue weighted by molar-refractivity contribution is 0.315. The zero-order valence-electron chi connectivity index (χ0n) is 7.27. The number of hydrogen-bond acceptors (Lipinski definition) is 2. The number of thiol groups is 1. The van der Waals surface area contributed by atoms with E-state index in [1.54, 1.807) is 0 Å².